The van der Waals surface area contributed by atoms with Gasteiger partial charge in [-0.25, -0.2) is 4.98 Å². The van der Waals surface area contributed by atoms with E-state index in [0.29, 0.717) is 0 Å². The molecule has 0 unspecified atom stereocenters. The fourth-order valence-corrected chi connectivity index (χ4v) is 2.02. The van der Waals surface area contributed by atoms with Crippen molar-refractivity contribution < 1.29 is 0 Å². The normalized spacial score (nSPS) is 15.6. The molecule has 0 radical (unpaired) electrons. The number of fused-ring (bicyclic) bond motifs is 1. The number of rotatable bonds is 3. The van der Waals surface area contributed by atoms with Crippen LogP contribution < -0.4 is 5.32 Å². The summed E-state index contributed by atoms with van der Waals surface area (Å²) in [7, 11) is 1.92. The van der Waals surface area contributed by atoms with Crippen molar-refractivity contribution in [3.63, 3.8) is 0 Å². The fourth-order valence-electron chi connectivity index (χ4n) is 2.02. The molecule has 2 aromatic heterocycles. The van der Waals surface area contributed by atoms with E-state index in [2.05, 4.69) is 28.4 Å². The molecule has 4 heteroatoms. The topological polar surface area (TPSA) is 42.2 Å². The average Bonchev–Trinajstić information content (AvgIpc) is 3.02. The van der Waals surface area contributed by atoms with E-state index in [4.69, 9.17) is 0 Å². The molecule has 3 rings (SSSR count). The number of aryl methyl sites for hydroxylation is 1. The molecule has 0 spiro atoms. The van der Waals surface area contributed by atoms with Gasteiger partial charge in [0.15, 0.2) is 5.65 Å². The van der Waals surface area contributed by atoms with Crippen molar-refractivity contribution in [3.05, 3.63) is 23.5 Å². The molecule has 0 amide bonds. The Morgan fingerprint density at radius 3 is 3.00 bits per heavy atom. The fraction of sp³-hybridized carbons (Fsp3) is 0.500. The van der Waals surface area contributed by atoms with Crippen LogP contribution in [-0.2, 0) is 6.42 Å². The molecule has 0 saturated heterocycles. The maximum absolute atomic E-state index is 4.68. The Morgan fingerprint density at radius 1 is 1.50 bits per heavy atom. The van der Waals surface area contributed by atoms with E-state index in [1.807, 2.05) is 17.8 Å². The molecular weight excluding hydrogens is 200 g/mol. The van der Waals surface area contributed by atoms with Gasteiger partial charge in [-0.05, 0) is 32.1 Å². The van der Waals surface area contributed by atoms with Gasteiger partial charge in [-0.1, -0.05) is 0 Å². The van der Waals surface area contributed by atoms with Gasteiger partial charge in [-0.2, -0.15) is 9.61 Å². The molecular formula is C12H16N4. The molecule has 1 aliphatic rings. The predicted molar refractivity (Wildman–Crippen MR) is 63.7 cm³/mol. The van der Waals surface area contributed by atoms with Crippen molar-refractivity contribution in [3.8, 4) is 0 Å². The van der Waals surface area contributed by atoms with Crippen molar-refractivity contribution in [1.29, 1.82) is 0 Å². The number of nitrogens with zero attached hydrogens (tertiary/aromatic N) is 3. The molecule has 0 atom stereocenters. The Morgan fingerprint density at radius 2 is 2.31 bits per heavy atom. The lowest BCUT2D eigenvalue weighted by atomic mass is 10.2. The molecule has 4 nitrogen and oxygen atoms in total. The lowest BCUT2D eigenvalue weighted by Gasteiger charge is -2.07. The molecule has 16 heavy (non-hydrogen) atoms. The first-order valence-corrected chi connectivity index (χ1v) is 5.80. The minimum absolute atomic E-state index is 0.864. The molecule has 0 aromatic carbocycles. The van der Waals surface area contributed by atoms with Crippen LogP contribution in [0, 0.1) is 12.8 Å². The minimum atomic E-state index is 0.864. The smallest absolute Gasteiger partial charge is 0.160 e. The zero-order chi connectivity index (χ0) is 11.1. The first-order chi connectivity index (χ1) is 7.78. The van der Waals surface area contributed by atoms with Gasteiger partial charge in [0.2, 0.25) is 0 Å². The Kier molecular flexibility index (Phi) is 2.09. The van der Waals surface area contributed by atoms with E-state index in [1.54, 1.807) is 0 Å². The van der Waals surface area contributed by atoms with Gasteiger partial charge in [0.1, 0.15) is 5.82 Å². The Balaban J connectivity index is 2.11. The van der Waals surface area contributed by atoms with Gasteiger partial charge in [0, 0.05) is 24.4 Å². The Bertz CT molecular complexity index is 525. The summed E-state index contributed by atoms with van der Waals surface area (Å²) >= 11 is 0. The van der Waals surface area contributed by atoms with E-state index >= 15 is 0 Å². The summed E-state index contributed by atoms with van der Waals surface area (Å²) in [6.07, 6.45) is 5.69. The summed E-state index contributed by atoms with van der Waals surface area (Å²) in [6.45, 7) is 2.05. The van der Waals surface area contributed by atoms with Crippen LogP contribution in [0.15, 0.2) is 12.3 Å². The third-order valence-electron chi connectivity index (χ3n) is 3.15. The van der Waals surface area contributed by atoms with Crippen LogP contribution in [0.1, 0.15) is 24.1 Å². The summed E-state index contributed by atoms with van der Waals surface area (Å²) in [5, 5.41) is 7.49. The maximum atomic E-state index is 4.68. The predicted octanol–water partition coefficient (Wildman–Crippen LogP) is 2.03. The van der Waals surface area contributed by atoms with Crippen LogP contribution in [0.2, 0.25) is 0 Å². The highest BCUT2D eigenvalue weighted by Crippen LogP contribution is 2.32. The largest absolute Gasteiger partial charge is 0.373 e. The van der Waals surface area contributed by atoms with Gasteiger partial charge in [-0.3, -0.25) is 0 Å². The highest BCUT2D eigenvalue weighted by atomic mass is 15.3. The van der Waals surface area contributed by atoms with Crippen LogP contribution >= 0.6 is 0 Å². The molecule has 1 N–H and O–H groups in total. The van der Waals surface area contributed by atoms with Crippen LogP contribution in [-0.4, -0.2) is 21.6 Å². The van der Waals surface area contributed by atoms with Gasteiger partial charge >= 0.3 is 0 Å². The van der Waals surface area contributed by atoms with Gasteiger partial charge in [-0.15, -0.1) is 0 Å². The van der Waals surface area contributed by atoms with Crippen LogP contribution in [0.25, 0.3) is 5.65 Å². The van der Waals surface area contributed by atoms with Crippen molar-refractivity contribution >= 4 is 11.5 Å². The first kappa shape index (κ1) is 9.63. The molecule has 1 saturated carbocycles. The molecule has 1 aliphatic carbocycles. The number of aromatic nitrogens is 3. The van der Waals surface area contributed by atoms with Gasteiger partial charge in [0.05, 0.1) is 6.20 Å². The zero-order valence-electron chi connectivity index (χ0n) is 9.70. The summed E-state index contributed by atoms with van der Waals surface area (Å²) < 4.78 is 1.87. The van der Waals surface area contributed by atoms with Crippen molar-refractivity contribution in [2.45, 2.75) is 26.2 Å². The highest BCUT2D eigenvalue weighted by Gasteiger charge is 2.22. The zero-order valence-corrected chi connectivity index (χ0v) is 9.70. The summed E-state index contributed by atoms with van der Waals surface area (Å²) in [5.74, 6) is 1.89. The van der Waals surface area contributed by atoms with E-state index < -0.39 is 0 Å². The van der Waals surface area contributed by atoms with Gasteiger partial charge in [0.25, 0.3) is 0 Å². The lowest BCUT2D eigenvalue weighted by molar-refractivity contribution is 0.797. The number of anilines is 1. The van der Waals surface area contributed by atoms with Crippen molar-refractivity contribution in [2.75, 3.05) is 12.4 Å². The van der Waals surface area contributed by atoms with Crippen LogP contribution in [0.3, 0.4) is 0 Å². The molecule has 0 aliphatic heterocycles. The third kappa shape index (κ3) is 1.54. The van der Waals surface area contributed by atoms with Crippen LogP contribution in [0.4, 0.5) is 5.82 Å². The van der Waals surface area contributed by atoms with E-state index in [-0.39, 0.29) is 0 Å². The number of hydrogen-bond acceptors (Lipinski definition) is 3. The molecule has 1 fully saturated rings. The Labute approximate surface area is 94.7 Å². The molecule has 0 bridgehead atoms. The summed E-state index contributed by atoms with van der Waals surface area (Å²) in [5.41, 5.74) is 3.29. The summed E-state index contributed by atoms with van der Waals surface area (Å²) in [4.78, 5) is 4.68. The second-order valence-electron chi connectivity index (χ2n) is 4.59. The van der Waals surface area contributed by atoms with E-state index in [1.165, 1.54) is 18.5 Å². The third-order valence-corrected chi connectivity index (χ3v) is 3.15. The second kappa shape index (κ2) is 3.47. The molecule has 84 valence electrons. The van der Waals surface area contributed by atoms with E-state index in [0.717, 1.165) is 29.4 Å². The van der Waals surface area contributed by atoms with Crippen LogP contribution in [0.5, 0.6) is 0 Å². The highest BCUT2D eigenvalue weighted by molar-refractivity contribution is 5.53. The van der Waals surface area contributed by atoms with Crippen molar-refractivity contribution in [1.82, 2.24) is 14.6 Å². The quantitative estimate of drug-likeness (QED) is 0.853. The summed E-state index contributed by atoms with van der Waals surface area (Å²) in [6, 6.07) is 2.11. The lowest BCUT2D eigenvalue weighted by Crippen LogP contribution is -2.04. The van der Waals surface area contributed by atoms with Crippen molar-refractivity contribution in [2.24, 2.45) is 5.92 Å². The number of hydrogen-bond donors (Lipinski definition) is 1. The molecule has 2 aromatic rings. The first-order valence-electron chi connectivity index (χ1n) is 5.80. The Hall–Kier alpha value is -1.58. The second-order valence-corrected chi connectivity index (χ2v) is 4.59. The molecule has 2 heterocycles. The van der Waals surface area contributed by atoms with E-state index in [9.17, 15) is 0 Å². The maximum Gasteiger partial charge on any atom is 0.160 e. The van der Waals surface area contributed by atoms with Gasteiger partial charge < -0.3 is 5.32 Å². The monoisotopic (exact) mass is 216 g/mol. The average molecular weight is 216 g/mol. The minimum Gasteiger partial charge on any atom is -0.373 e. The number of nitrogens with one attached hydrogen (secondary N) is 1. The SMILES string of the molecule is CNc1cc(CC2CC2)nc2c(C)cnn12. The standard InChI is InChI=1S/C12H16N4/c1-8-7-14-16-11(13-2)6-10(15-12(8)16)5-9-3-4-9/h6-7,9,13H,3-5H2,1-2H3.